The Labute approximate surface area is 116 Å². The van der Waals surface area contributed by atoms with Gasteiger partial charge >= 0.3 is 6.18 Å². The minimum absolute atomic E-state index is 0.00350. The van der Waals surface area contributed by atoms with E-state index in [9.17, 15) is 21.6 Å². The molecule has 0 radical (unpaired) electrons. The van der Waals surface area contributed by atoms with Crippen molar-refractivity contribution in [2.45, 2.75) is 36.9 Å². The monoisotopic (exact) mass is 310 g/mol. The van der Waals surface area contributed by atoms with Gasteiger partial charge in [0.05, 0.1) is 10.5 Å². The normalized spacial score (nSPS) is 14.2. The zero-order chi connectivity index (χ0) is 15.4. The maximum atomic E-state index is 12.8. The van der Waals surface area contributed by atoms with Crippen LogP contribution in [0.4, 0.5) is 13.2 Å². The van der Waals surface area contributed by atoms with Crippen LogP contribution in [0, 0.1) is 0 Å². The second-order valence-electron chi connectivity index (χ2n) is 4.35. The summed E-state index contributed by atoms with van der Waals surface area (Å²) in [5.74, 6) is 0. The van der Waals surface area contributed by atoms with Crippen molar-refractivity contribution in [1.29, 1.82) is 0 Å². The summed E-state index contributed by atoms with van der Waals surface area (Å²) in [5.41, 5.74) is 4.45. The molecular weight excluding hydrogens is 293 g/mol. The third-order valence-electron chi connectivity index (χ3n) is 2.81. The second kappa shape index (κ2) is 6.55. The van der Waals surface area contributed by atoms with E-state index in [2.05, 4.69) is 4.72 Å². The van der Waals surface area contributed by atoms with E-state index in [0.717, 1.165) is 18.2 Å². The molecule has 1 atom stereocenters. The molecule has 114 valence electrons. The Morgan fingerprint density at radius 3 is 2.45 bits per heavy atom. The molecule has 0 bridgehead atoms. The first-order chi connectivity index (χ1) is 9.18. The lowest BCUT2D eigenvalue weighted by molar-refractivity contribution is -0.139. The van der Waals surface area contributed by atoms with Crippen LogP contribution in [0.3, 0.4) is 0 Å². The Morgan fingerprint density at radius 1 is 1.30 bits per heavy atom. The van der Waals surface area contributed by atoms with Crippen molar-refractivity contribution in [1.82, 2.24) is 4.72 Å². The molecule has 0 amide bonds. The van der Waals surface area contributed by atoms with Gasteiger partial charge in [0.25, 0.3) is 0 Å². The van der Waals surface area contributed by atoms with Gasteiger partial charge in [0, 0.05) is 12.6 Å². The van der Waals surface area contributed by atoms with Gasteiger partial charge in [0.15, 0.2) is 0 Å². The number of alkyl halides is 3. The van der Waals surface area contributed by atoms with Gasteiger partial charge in [0.2, 0.25) is 10.0 Å². The van der Waals surface area contributed by atoms with Gasteiger partial charge in [-0.1, -0.05) is 19.1 Å². The molecule has 1 aromatic carbocycles. The molecule has 0 saturated heterocycles. The molecule has 20 heavy (non-hydrogen) atoms. The Morgan fingerprint density at radius 2 is 1.90 bits per heavy atom. The summed E-state index contributed by atoms with van der Waals surface area (Å²) in [6, 6.07) is 3.89. The van der Waals surface area contributed by atoms with Crippen molar-refractivity contribution in [3.63, 3.8) is 0 Å². The van der Waals surface area contributed by atoms with Gasteiger partial charge in [-0.2, -0.15) is 13.2 Å². The third kappa shape index (κ3) is 4.46. The fourth-order valence-corrected chi connectivity index (χ4v) is 2.87. The quantitative estimate of drug-likeness (QED) is 0.845. The van der Waals surface area contributed by atoms with E-state index in [1.165, 1.54) is 6.07 Å². The lowest BCUT2D eigenvalue weighted by Crippen LogP contribution is -2.31. The standard InChI is InChI=1S/C12H17F3N2O2S/c1-2-9(16)7-8-17-20(18,19)11-6-4-3-5-10(11)12(13,14)15/h3-6,9,17H,2,7-8,16H2,1H3. The first-order valence-electron chi connectivity index (χ1n) is 6.10. The number of rotatable bonds is 6. The number of halogens is 3. The molecule has 0 aromatic heterocycles. The highest BCUT2D eigenvalue weighted by molar-refractivity contribution is 7.89. The van der Waals surface area contributed by atoms with Crippen LogP contribution >= 0.6 is 0 Å². The summed E-state index contributed by atoms with van der Waals surface area (Å²) in [7, 11) is -4.20. The summed E-state index contributed by atoms with van der Waals surface area (Å²) >= 11 is 0. The van der Waals surface area contributed by atoms with Crippen molar-refractivity contribution >= 4 is 10.0 Å². The lowest BCUT2D eigenvalue weighted by Gasteiger charge is -2.14. The Bertz CT molecular complexity index is 544. The van der Waals surface area contributed by atoms with Crippen LogP contribution in [0.25, 0.3) is 0 Å². The predicted octanol–water partition coefficient (Wildman–Crippen LogP) is 2.11. The van der Waals surface area contributed by atoms with Crippen LogP contribution in [0.2, 0.25) is 0 Å². The van der Waals surface area contributed by atoms with Gasteiger partial charge in [-0.15, -0.1) is 0 Å². The van der Waals surface area contributed by atoms with E-state index in [1.54, 1.807) is 0 Å². The van der Waals surface area contributed by atoms with E-state index < -0.39 is 26.7 Å². The van der Waals surface area contributed by atoms with Crippen LogP contribution in [0.1, 0.15) is 25.3 Å². The molecule has 0 aliphatic heterocycles. The molecule has 0 fully saturated rings. The molecule has 0 aliphatic carbocycles. The van der Waals surface area contributed by atoms with Crippen LogP contribution in [0.5, 0.6) is 0 Å². The van der Waals surface area contributed by atoms with Crippen LogP contribution in [-0.2, 0) is 16.2 Å². The van der Waals surface area contributed by atoms with E-state index in [4.69, 9.17) is 5.73 Å². The molecular formula is C12H17F3N2O2S. The Balaban J connectivity index is 2.94. The molecule has 0 heterocycles. The molecule has 8 heteroatoms. The minimum atomic E-state index is -4.72. The number of hydrogen-bond donors (Lipinski definition) is 2. The number of nitrogens with one attached hydrogen (secondary N) is 1. The van der Waals surface area contributed by atoms with E-state index in [1.807, 2.05) is 6.92 Å². The van der Waals surface area contributed by atoms with E-state index in [-0.39, 0.29) is 12.6 Å². The van der Waals surface area contributed by atoms with Crippen molar-refractivity contribution < 1.29 is 21.6 Å². The molecule has 0 spiro atoms. The highest BCUT2D eigenvalue weighted by atomic mass is 32.2. The minimum Gasteiger partial charge on any atom is -0.328 e. The van der Waals surface area contributed by atoms with Gasteiger partial charge < -0.3 is 5.73 Å². The number of sulfonamides is 1. The maximum Gasteiger partial charge on any atom is 0.417 e. The third-order valence-corrected chi connectivity index (χ3v) is 4.33. The molecule has 4 nitrogen and oxygen atoms in total. The summed E-state index contributed by atoms with van der Waals surface area (Å²) in [6.45, 7) is 1.85. The SMILES string of the molecule is CCC(N)CCNS(=O)(=O)c1ccccc1C(F)(F)F. The molecule has 0 saturated carbocycles. The number of hydrogen-bond acceptors (Lipinski definition) is 3. The second-order valence-corrected chi connectivity index (χ2v) is 6.08. The molecule has 1 aromatic rings. The highest BCUT2D eigenvalue weighted by Gasteiger charge is 2.36. The fourth-order valence-electron chi connectivity index (χ4n) is 1.60. The molecule has 3 N–H and O–H groups in total. The predicted molar refractivity (Wildman–Crippen MR) is 69.5 cm³/mol. The van der Waals surface area contributed by atoms with Crippen molar-refractivity contribution in [3.8, 4) is 0 Å². The number of nitrogens with two attached hydrogens (primary N) is 1. The first-order valence-corrected chi connectivity index (χ1v) is 7.58. The van der Waals surface area contributed by atoms with Gasteiger partial charge in [-0.3, -0.25) is 0 Å². The highest BCUT2D eigenvalue weighted by Crippen LogP contribution is 2.33. The zero-order valence-corrected chi connectivity index (χ0v) is 11.8. The zero-order valence-electron chi connectivity index (χ0n) is 10.9. The Hall–Kier alpha value is -1.12. The maximum absolute atomic E-state index is 12.8. The van der Waals surface area contributed by atoms with Crippen molar-refractivity contribution in [3.05, 3.63) is 29.8 Å². The Kier molecular flexibility index (Phi) is 5.55. The summed E-state index contributed by atoms with van der Waals surface area (Å²) in [4.78, 5) is -0.766. The average molecular weight is 310 g/mol. The number of benzene rings is 1. The summed E-state index contributed by atoms with van der Waals surface area (Å²) in [6.07, 6.45) is -3.68. The fraction of sp³-hybridized carbons (Fsp3) is 0.500. The van der Waals surface area contributed by atoms with Crippen LogP contribution in [0.15, 0.2) is 29.2 Å². The topological polar surface area (TPSA) is 72.2 Å². The van der Waals surface area contributed by atoms with Crippen LogP contribution in [-0.4, -0.2) is 21.0 Å². The molecule has 0 aliphatic rings. The van der Waals surface area contributed by atoms with Gasteiger partial charge in [0.1, 0.15) is 0 Å². The molecule has 1 unspecified atom stereocenters. The van der Waals surface area contributed by atoms with Crippen molar-refractivity contribution in [2.24, 2.45) is 5.73 Å². The van der Waals surface area contributed by atoms with Crippen molar-refractivity contribution in [2.75, 3.05) is 6.54 Å². The average Bonchev–Trinajstić information content (AvgIpc) is 2.37. The smallest absolute Gasteiger partial charge is 0.328 e. The largest absolute Gasteiger partial charge is 0.417 e. The first kappa shape index (κ1) is 16.9. The lowest BCUT2D eigenvalue weighted by atomic mass is 10.2. The van der Waals surface area contributed by atoms with Crippen LogP contribution < -0.4 is 10.5 Å². The summed E-state index contributed by atoms with van der Waals surface area (Å²) in [5, 5.41) is 0. The van der Waals surface area contributed by atoms with Gasteiger partial charge in [-0.05, 0) is 25.0 Å². The van der Waals surface area contributed by atoms with Gasteiger partial charge in [-0.25, -0.2) is 13.1 Å². The summed E-state index contributed by atoms with van der Waals surface area (Å²) < 4.78 is 64.3. The van der Waals surface area contributed by atoms with E-state index in [0.29, 0.717) is 12.8 Å². The molecule has 1 rings (SSSR count). The van der Waals surface area contributed by atoms with E-state index >= 15 is 0 Å².